The maximum Gasteiger partial charge on any atom is 0.260 e. The fourth-order valence-corrected chi connectivity index (χ4v) is 4.33. The summed E-state index contributed by atoms with van der Waals surface area (Å²) in [6, 6.07) is 14.2. The van der Waals surface area contributed by atoms with E-state index in [1.54, 1.807) is 35.2 Å². The van der Waals surface area contributed by atoms with Gasteiger partial charge in [0.2, 0.25) is 0 Å². The number of anilines is 1. The van der Waals surface area contributed by atoms with Gasteiger partial charge in [-0.2, -0.15) is 5.26 Å². The number of hydrogen-bond acceptors (Lipinski definition) is 5. The zero-order valence-corrected chi connectivity index (χ0v) is 16.0. The second-order valence-electron chi connectivity index (χ2n) is 6.35. The minimum Gasteiger partial charge on any atom is -0.376 e. The summed E-state index contributed by atoms with van der Waals surface area (Å²) < 4.78 is 6.67. The molecular formula is C20H16ClN3O2S. The third-order valence-electron chi connectivity index (χ3n) is 4.49. The van der Waals surface area contributed by atoms with E-state index in [0.717, 1.165) is 29.7 Å². The van der Waals surface area contributed by atoms with Crippen molar-refractivity contribution in [1.82, 2.24) is 4.98 Å². The van der Waals surface area contributed by atoms with Gasteiger partial charge in [-0.05, 0) is 55.3 Å². The lowest BCUT2D eigenvalue weighted by Crippen LogP contribution is -2.37. The van der Waals surface area contributed by atoms with Gasteiger partial charge in [0.05, 0.1) is 34.5 Å². The number of carbonyl (C=O) groups excluding carboxylic acids is 1. The molecule has 4 rings (SSSR count). The van der Waals surface area contributed by atoms with Crippen LogP contribution in [-0.4, -0.2) is 30.1 Å². The van der Waals surface area contributed by atoms with Crippen LogP contribution in [-0.2, 0) is 4.74 Å². The first-order valence-corrected chi connectivity index (χ1v) is 9.83. The standard InChI is InChI=1S/C20H16ClN3O2S/c21-15-7-8-17-18(10-15)27-20(23-17)24(12-16-2-1-9-26-16)19(25)14-5-3-13(11-22)4-6-14/h3-8,10,16H,1-2,9,12H2. The SMILES string of the molecule is N#Cc1ccc(C(=O)N(CC2CCCO2)c2nc3ccc(Cl)cc3s2)cc1. The summed E-state index contributed by atoms with van der Waals surface area (Å²) in [5, 5.41) is 10.2. The lowest BCUT2D eigenvalue weighted by atomic mass is 10.1. The van der Waals surface area contributed by atoms with Crippen LogP contribution in [0.15, 0.2) is 42.5 Å². The molecule has 136 valence electrons. The Bertz CT molecular complexity index is 1020. The zero-order valence-electron chi connectivity index (χ0n) is 14.4. The number of nitrogens with zero attached hydrogens (tertiary/aromatic N) is 3. The van der Waals surface area contributed by atoms with Crippen molar-refractivity contribution in [1.29, 1.82) is 5.26 Å². The number of fused-ring (bicyclic) bond motifs is 1. The van der Waals surface area contributed by atoms with Gasteiger partial charge in [-0.3, -0.25) is 9.69 Å². The molecule has 1 atom stereocenters. The molecule has 1 fully saturated rings. The van der Waals surface area contributed by atoms with Crippen molar-refractivity contribution in [2.45, 2.75) is 18.9 Å². The van der Waals surface area contributed by atoms with Crippen molar-refractivity contribution >= 4 is 44.2 Å². The summed E-state index contributed by atoms with van der Waals surface area (Å²) >= 11 is 7.52. The molecule has 0 saturated carbocycles. The average Bonchev–Trinajstić information content (AvgIpc) is 3.34. The molecule has 2 aromatic carbocycles. The summed E-state index contributed by atoms with van der Waals surface area (Å²) in [5.41, 5.74) is 1.85. The molecule has 0 spiro atoms. The van der Waals surface area contributed by atoms with Crippen LogP contribution in [0.2, 0.25) is 5.02 Å². The fourth-order valence-electron chi connectivity index (χ4n) is 3.08. The Morgan fingerprint density at radius 1 is 1.33 bits per heavy atom. The van der Waals surface area contributed by atoms with Crippen molar-refractivity contribution in [3.05, 3.63) is 58.6 Å². The van der Waals surface area contributed by atoms with Gasteiger partial charge in [0.25, 0.3) is 5.91 Å². The Morgan fingerprint density at radius 2 is 2.15 bits per heavy atom. The van der Waals surface area contributed by atoms with Crippen LogP contribution >= 0.6 is 22.9 Å². The van der Waals surface area contributed by atoms with Crippen LogP contribution in [0.3, 0.4) is 0 Å². The van der Waals surface area contributed by atoms with Crippen molar-refractivity contribution in [2.24, 2.45) is 0 Å². The van der Waals surface area contributed by atoms with E-state index in [2.05, 4.69) is 11.1 Å². The number of hydrogen-bond donors (Lipinski definition) is 0. The Balaban J connectivity index is 1.70. The normalized spacial score (nSPS) is 16.4. The molecule has 0 N–H and O–H groups in total. The highest BCUT2D eigenvalue weighted by Gasteiger charge is 2.27. The van der Waals surface area contributed by atoms with Crippen LogP contribution in [0.5, 0.6) is 0 Å². The zero-order chi connectivity index (χ0) is 18.8. The first-order valence-electron chi connectivity index (χ1n) is 8.64. The van der Waals surface area contributed by atoms with Crippen LogP contribution in [0, 0.1) is 11.3 Å². The number of nitriles is 1. The first kappa shape index (κ1) is 17.9. The summed E-state index contributed by atoms with van der Waals surface area (Å²) in [5.74, 6) is -0.153. The van der Waals surface area contributed by atoms with Crippen molar-refractivity contribution in [3.63, 3.8) is 0 Å². The minimum absolute atomic E-state index is 0.00271. The lowest BCUT2D eigenvalue weighted by Gasteiger charge is -2.23. The van der Waals surface area contributed by atoms with Crippen molar-refractivity contribution in [3.8, 4) is 6.07 Å². The third kappa shape index (κ3) is 3.81. The summed E-state index contributed by atoms with van der Waals surface area (Å²) in [7, 11) is 0. The van der Waals surface area contributed by atoms with E-state index in [0.29, 0.717) is 27.8 Å². The number of ether oxygens (including phenoxy) is 1. The smallest absolute Gasteiger partial charge is 0.260 e. The van der Waals surface area contributed by atoms with Crippen LogP contribution in [0.25, 0.3) is 10.2 Å². The molecule has 7 heteroatoms. The topological polar surface area (TPSA) is 66.2 Å². The van der Waals surface area contributed by atoms with Gasteiger partial charge in [-0.1, -0.05) is 22.9 Å². The molecule has 0 radical (unpaired) electrons. The number of carbonyl (C=O) groups is 1. The Kier molecular flexibility index (Phi) is 5.08. The van der Waals surface area contributed by atoms with Crippen LogP contribution < -0.4 is 4.90 Å². The lowest BCUT2D eigenvalue weighted by molar-refractivity contribution is 0.0917. The average molecular weight is 398 g/mol. The van der Waals surface area contributed by atoms with Gasteiger partial charge in [0.1, 0.15) is 0 Å². The summed E-state index contributed by atoms with van der Waals surface area (Å²) in [6.07, 6.45) is 1.93. The number of amides is 1. The van der Waals surface area contributed by atoms with Crippen LogP contribution in [0.1, 0.15) is 28.8 Å². The molecule has 2 heterocycles. The molecule has 3 aromatic rings. The van der Waals surface area contributed by atoms with Gasteiger partial charge >= 0.3 is 0 Å². The van der Waals surface area contributed by atoms with Crippen molar-refractivity contribution in [2.75, 3.05) is 18.1 Å². The molecule has 5 nitrogen and oxygen atoms in total. The summed E-state index contributed by atoms with van der Waals surface area (Å²) in [6.45, 7) is 1.17. The quantitative estimate of drug-likeness (QED) is 0.642. The van der Waals surface area contributed by atoms with E-state index in [1.165, 1.54) is 11.3 Å². The Morgan fingerprint density at radius 3 is 2.85 bits per heavy atom. The monoisotopic (exact) mass is 397 g/mol. The van der Waals surface area contributed by atoms with E-state index in [4.69, 9.17) is 21.6 Å². The number of halogens is 1. The highest BCUT2D eigenvalue weighted by atomic mass is 35.5. The third-order valence-corrected chi connectivity index (χ3v) is 5.76. The van der Waals surface area contributed by atoms with Crippen molar-refractivity contribution < 1.29 is 9.53 Å². The second-order valence-corrected chi connectivity index (χ2v) is 7.79. The number of thiazole rings is 1. The predicted octanol–water partition coefficient (Wildman–Crippen LogP) is 4.65. The van der Waals surface area contributed by atoms with E-state index in [-0.39, 0.29) is 12.0 Å². The van der Waals surface area contributed by atoms with Gasteiger partial charge in [-0.25, -0.2) is 4.98 Å². The summed E-state index contributed by atoms with van der Waals surface area (Å²) in [4.78, 5) is 19.5. The van der Waals surface area contributed by atoms with Gasteiger partial charge in [0.15, 0.2) is 5.13 Å². The molecule has 1 amide bonds. The highest BCUT2D eigenvalue weighted by molar-refractivity contribution is 7.22. The minimum atomic E-state index is -0.153. The maximum atomic E-state index is 13.2. The molecule has 27 heavy (non-hydrogen) atoms. The van der Waals surface area contributed by atoms with Gasteiger partial charge < -0.3 is 4.74 Å². The number of benzene rings is 2. The van der Waals surface area contributed by atoms with Crippen LogP contribution in [0.4, 0.5) is 5.13 Å². The fraction of sp³-hybridized carbons (Fsp3) is 0.250. The number of rotatable bonds is 4. The van der Waals surface area contributed by atoms with Gasteiger partial charge in [-0.15, -0.1) is 0 Å². The molecule has 1 saturated heterocycles. The molecule has 0 aliphatic carbocycles. The molecule has 1 aliphatic rings. The predicted molar refractivity (Wildman–Crippen MR) is 106 cm³/mol. The molecule has 1 unspecified atom stereocenters. The largest absolute Gasteiger partial charge is 0.376 e. The van der Waals surface area contributed by atoms with E-state index < -0.39 is 0 Å². The van der Waals surface area contributed by atoms with E-state index >= 15 is 0 Å². The van der Waals surface area contributed by atoms with E-state index in [1.807, 2.05) is 12.1 Å². The Hall–Kier alpha value is -2.46. The molecule has 1 aromatic heterocycles. The molecule has 1 aliphatic heterocycles. The highest BCUT2D eigenvalue weighted by Crippen LogP contribution is 2.32. The number of aromatic nitrogens is 1. The molecular weight excluding hydrogens is 382 g/mol. The van der Waals surface area contributed by atoms with Gasteiger partial charge in [0, 0.05) is 17.2 Å². The molecule has 0 bridgehead atoms. The first-order chi connectivity index (χ1) is 13.1. The second kappa shape index (κ2) is 7.65. The van der Waals surface area contributed by atoms with E-state index in [9.17, 15) is 4.79 Å². The Labute approximate surface area is 165 Å². The maximum absolute atomic E-state index is 13.2.